The van der Waals surface area contributed by atoms with E-state index in [1.54, 1.807) is 42.0 Å². The number of aromatic nitrogens is 1. The summed E-state index contributed by atoms with van der Waals surface area (Å²) in [5.74, 6) is -0.254. The van der Waals surface area contributed by atoms with Gasteiger partial charge in [-0.05, 0) is 50.6 Å². The molecule has 0 bridgehead atoms. The van der Waals surface area contributed by atoms with Crippen LogP contribution in [0.1, 0.15) is 43.6 Å². The van der Waals surface area contributed by atoms with Crippen molar-refractivity contribution in [2.45, 2.75) is 52.3 Å². The minimum absolute atomic E-state index is 0.00545. The molecule has 0 aliphatic carbocycles. The van der Waals surface area contributed by atoms with E-state index in [4.69, 9.17) is 4.74 Å². The first kappa shape index (κ1) is 29.9. The zero-order valence-electron chi connectivity index (χ0n) is 24.7. The van der Waals surface area contributed by atoms with Gasteiger partial charge in [0.05, 0.1) is 31.2 Å². The van der Waals surface area contributed by atoms with Gasteiger partial charge in [0.2, 0.25) is 5.91 Å². The second kappa shape index (κ2) is 12.6. The van der Waals surface area contributed by atoms with E-state index in [-0.39, 0.29) is 42.8 Å². The molecule has 10 heteroatoms. The van der Waals surface area contributed by atoms with E-state index in [2.05, 4.69) is 10.6 Å². The van der Waals surface area contributed by atoms with Crippen LogP contribution in [0, 0.1) is 5.92 Å². The quantitative estimate of drug-likeness (QED) is 0.387. The van der Waals surface area contributed by atoms with Crippen LogP contribution in [-0.2, 0) is 18.3 Å². The number of amides is 4. The smallest absolute Gasteiger partial charge is 0.317 e. The number of rotatable bonds is 8. The maximum absolute atomic E-state index is 13.7. The molecule has 0 unspecified atom stereocenters. The fourth-order valence-electron chi connectivity index (χ4n) is 5.17. The molecular formula is C31H41N5O5. The van der Waals surface area contributed by atoms with Gasteiger partial charge in [-0.25, -0.2) is 4.79 Å². The number of para-hydroxylation sites is 1. The fraction of sp³-hybridized carbons (Fsp3) is 0.452. The number of aliphatic hydroxyl groups excluding tert-OH is 1. The summed E-state index contributed by atoms with van der Waals surface area (Å²) in [6, 6.07) is 12.3. The Bertz CT molecular complexity index is 1420. The topological polar surface area (TPSA) is 116 Å². The maximum Gasteiger partial charge on any atom is 0.317 e. The van der Waals surface area contributed by atoms with E-state index in [9.17, 15) is 19.5 Å². The van der Waals surface area contributed by atoms with Gasteiger partial charge >= 0.3 is 6.03 Å². The number of aryl methyl sites for hydroxylation is 1. The zero-order chi connectivity index (χ0) is 29.8. The largest absolute Gasteiger partial charge is 0.487 e. The molecule has 2 heterocycles. The molecule has 3 aromatic rings. The number of aliphatic hydroxyl groups is 1. The molecule has 3 atom stereocenters. The highest BCUT2D eigenvalue weighted by atomic mass is 16.5. The van der Waals surface area contributed by atoms with E-state index >= 15 is 0 Å². The number of ether oxygens (including phenoxy) is 1. The van der Waals surface area contributed by atoms with Crippen LogP contribution in [0.3, 0.4) is 0 Å². The predicted octanol–water partition coefficient (Wildman–Crippen LogP) is 3.63. The molecule has 0 radical (unpaired) electrons. The lowest BCUT2D eigenvalue weighted by molar-refractivity contribution is -0.115. The summed E-state index contributed by atoms with van der Waals surface area (Å²) in [5.41, 5.74) is 2.73. The summed E-state index contributed by atoms with van der Waals surface area (Å²) in [6.45, 7) is 8.00. The first-order valence-electron chi connectivity index (χ1n) is 14.0. The van der Waals surface area contributed by atoms with Crippen LogP contribution in [0.15, 0.2) is 48.7 Å². The fourth-order valence-corrected chi connectivity index (χ4v) is 5.17. The Kier molecular flexibility index (Phi) is 9.22. The highest BCUT2D eigenvalue weighted by molar-refractivity contribution is 6.00. The number of hydrogen-bond acceptors (Lipinski definition) is 5. The number of nitrogens with one attached hydrogen (secondary N) is 2. The summed E-state index contributed by atoms with van der Waals surface area (Å²) >= 11 is 0. The van der Waals surface area contributed by atoms with Crippen LogP contribution < -0.4 is 15.4 Å². The van der Waals surface area contributed by atoms with Crippen LogP contribution in [-0.4, -0.2) is 82.3 Å². The molecule has 10 nitrogen and oxygen atoms in total. The summed E-state index contributed by atoms with van der Waals surface area (Å²) in [4.78, 5) is 42.6. The molecule has 0 saturated heterocycles. The molecule has 41 heavy (non-hydrogen) atoms. The van der Waals surface area contributed by atoms with Crippen LogP contribution in [0.2, 0.25) is 0 Å². The van der Waals surface area contributed by atoms with Crippen molar-refractivity contribution < 1.29 is 24.2 Å². The molecule has 1 aromatic heterocycles. The molecule has 0 fully saturated rings. The van der Waals surface area contributed by atoms with Gasteiger partial charge in [-0.2, -0.15) is 0 Å². The minimum atomic E-state index is -0.428. The summed E-state index contributed by atoms with van der Waals surface area (Å²) in [5, 5.41) is 16.7. The van der Waals surface area contributed by atoms with Gasteiger partial charge in [-0.3, -0.25) is 9.59 Å². The molecule has 220 valence electrons. The second-order valence-corrected chi connectivity index (χ2v) is 11.3. The lowest BCUT2D eigenvalue weighted by Gasteiger charge is -2.38. The van der Waals surface area contributed by atoms with Crippen LogP contribution in [0.5, 0.6) is 5.75 Å². The normalized spacial score (nSPS) is 17.9. The Labute approximate surface area is 241 Å². The number of likely N-dealkylation sites (N-methyl/N-ethyl adjacent to an activating group) is 1. The standard InChI is InChI=1S/C31H41N5O5/c1-19(2)32-31(40)35(6)17-28-20(3)15-36(21(4)18-37)30(39)25-14-23(11-12-27(25)41-28)33-29(38)13-22-16-34(5)26-10-8-7-9-24(22)26/h7-12,14,16,19-21,28,37H,13,15,17-18H2,1-6H3,(H,32,40)(H,33,38)/t20-,21+,28-/m1/s1. The Hall–Kier alpha value is -4.05. The number of urea groups is 1. The number of anilines is 1. The SMILES string of the molecule is CC(C)NC(=O)N(C)C[C@H]1Oc2ccc(NC(=O)Cc3cn(C)c4ccccc34)cc2C(=O)N([C@@H](C)CO)C[C@H]1C. The number of carbonyl (C=O) groups is 3. The third-order valence-corrected chi connectivity index (χ3v) is 7.49. The molecule has 4 amide bonds. The van der Waals surface area contributed by atoms with Crippen molar-refractivity contribution in [1.29, 1.82) is 0 Å². The van der Waals surface area contributed by atoms with Crippen molar-refractivity contribution >= 4 is 34.4 Å². The van der Waals surface area contributed by atoms with Crippen molar-refractivity contribution in [2.75, 3.05) is 32.1 Å². The lowest BCUT2D eigenvalue weighted by atomic mass is 9.99. The van der Waals surface area contributed by atoms with E-state index < -0.39 is 12.1 Å². The van der Waals surface area contributed by atoms with Crippen molar-refractivity contribution in [1.82, 2.24) is 19.7 Å². The molecule has 0 saturated carbocycles. The van der Waals surface area contributed by atoms with Crippen molar-refractivity contribution in [3.05, 3.63) is 59.8 Å². The third kappa shape index (κ3) is 6.82. The van der Waals surface area contributed by atoms with Crippen molar-refractivity contribution in [3.63, 3.8) is 0 Å². The lowest BCUT2D eigenvalue weighted by Crippen LogP contribution is -2.51. The van der Waals surface area contributed by atoms with Gasteiger partial charge in [-0.15, -0.1) is 0 Å². The zero-order valence-corrected chi connectivity index (χ0v) is 24.7. The summed E-state index contributed by atoms with van der Waals surface area (Å²) < 4.78 is 8.36. The van der Waals surface area contributed by atoms with E-state index in [0.29, 0.717) is 30.1 Å². The number of benzene rings is 2. The van der Waals surface area contributed by atoms with E-state index in [0.717, 1.165) is 16.5 Å². The number of carbonyl (C=O) groups excluding carboxylic acids is 3. The number of nitrogens with zero attached hydrogens (tertiary/aromatic N) is 3. The van der Waals surface area contributed by atoms with Gasteiger partial charge < -0.3 is 34.8 Å². The molecule has 2 aromatic carbocycles. The highest BCUT2D eigenvalue weighted by Crippen LogP contribution is 2.31. The van der Waals surface area contributed by atoms with Crippen LogP contribution in [0.4, 0.5) is 10.5 Å². The average Bonchev–Trinajstić information content (AvgIpc) is 3.24. The summed E-state index contributed by atoms with van der Waals surface area (Å²) in [6.07, 6.45) is 1.72. The van der Waals surface area contributed by atoms with Crippen molar-refractivity contribution in [3.8, 4) is 5.75 Å². The maximum atomic E-state index is 13.7. The highest BCUT2D eigenvalue weighted by Gasteiger charge is 2.34. The minimum Gasteiger partial charge on any atom is -0.487 e. The Morgan fingerprint density at radius 3 is 2.61 bits per heavy atom. The first-order chi connectivity index (χ1) is 19.5. The Balaban J connectivity index is 1.59. The van der Waals surface area contributed by atoms with Crippen LogP contribution >= 0.6 is 0 Å². The number of fused-ring (bicyclic) bond motifs is 2. The monoisotopic (exact) mass is 563 g/mol. The average molecular weight is 564 g/mol. The number of hydrogen-bond donors (Lipinski definition) is 3. The van der Waals surface area contributed by atoms with Crippen LogP contribution in [0.25, 0.3) is 10.9 Å². The molecular weight excluding hydrogens is 522 g/mol. The van der Waals surface area contributed by atoms with E-state index in [1.807, 2.05) is 62.8 Å². The summed E-state index contributed by atoms with van der Waals surface area (Å²) in [7, 11) is 3.66. The molecule has 0 spiro atoms. The molecule has 3 N–H and O–H groups in total. The van der Waals surface area contributed by atoms with Gasteiger partial charge in [0.25, 0.3) is 5.91 Å². The Morgan fingerprint density at radius 1 is 1.17 bits per heavy atom. The van der Waals surface area contributed by atoms with Gasteiger partial charge in [0.15, 0.2) is 0 Å². The van der Waals surface area contributed by atoms with Crippen molar-refractivity contribution in [2.24, 2.45) is 13.0 Å². The van der Waals surface area contributed by atoms with E-state index in [1.165, 1.54) is 0 Å². The molecule has 1 aliphatic heterocycles. The molecule has 1 aliphatic rings. The second-order valence-electron chi connectivity index (χ2n) is 11.3. The van der Waals surface area contributed by atoms with Gasteiger partial charge in [-0.1, -0.05) is 25.1 Å². The first-order valence-corrected chi connectivity index (χ1v) is 14.0. The Morgan fingerprint density at radius 2 is 1.90 bits per heavy atom. The molecule has 4 rings (SSSR count). The van der Waals surface area contributed by atoms with Gasteiger partial charge in [0, 0.05) is 55.4 Å². The third-order valence-electron chi connectivity index (χ3n) is 7.49. The predicted molar refractivity (Wildman–Crippen MR) is 159 cm³/mol. The van der Waals surface area contributed by atoms with Gasteiger partial charge in [0.1, 0.15) is 11.9 Å².